The summed E-state index contributed by atoms with van der Waals surface area (Å²) in [4.78, 5) is 16.0. The number of benzene rings is 3. The summed E-state index contributed by atoms with van der Waals surface area (Å²) in [6.07, 6.45) is 1.76. The van der Waals surface area contributed by atoms with Crippen molar-refractivity contribution in [3.8, 4) is 11.5 Å². The fourth-order valence-electron chi connectivity index (χ4n) is 3.15. The highest BCUT2D eigenvalue weighted by Gasteiger charge is 2.19. The molecule has 1 amide bonds. The molecule has 0 radical (unpaired) electrons. The van der Waals surface area contributed by atoms with E-state index in [1.807, 2.05) is 43.3 Å². The van der Waals surface area contributed by atoms with Crippen molar-refractivity contribution in [2.75, 3.05) is 6.61 Å². The second-order valence-corrected chi connectivity index (χ2v) is 7.49. The van der Waals surface area contributed by atoms with Crippen molar-refractivity contribution in [2.45, 2.75) is 13.5 Å². The van der Waals surface area contributed by atoms with Crippen LogP contribution in [-0.2, 0) is 11.4 Å². The minimum Gasteiger partial charge on any atom is -0.490 e. The molecule has 4 rings (SSSR count). The van der Waals surface area contributed by atoms with Crippen LogP contribution in [0.5, 0.6) is 11.5 Å². The van der Waals surface area contributed by atoms with Gasteiger partial charge in [-0.25, -0.2) is 0 Å². The molecule has 1 aliphatic rings. The zero-order valence-corrected chi connectivity index (χ0v) is 16.7. The van der Waals surface area contributed by atoms with Crippen molar-refractivity contribution in [3.05, 3.63) is 76.7 Å². The number of fused-ring (bicyclic) bond motifs is 1. The second-order valence-electron chi connectivity index (χ2n) is 6.43. The highest BCUT2D eigenvalue weighted by molar-refractivity contribution is 8.18. The molecule has 1 heterocycles. The lowest BCUT2D eigenvalue weighted by molar-refractivity contribution is -0.113. The van der Waals surface area contributed by atoms with Gasteiger partial charge in [0.2, 0.25) is 0 Å². The monoisotopic (exact) mass is 404 g/mol. The van der Waals surface area contributed by atoms with Gasteiger partial charge in [0.15, 0.2) is 16.7 Å². The molecule has 5 nitrogen and oxygen atoms in total. The first-order valence-electron chi connectivity index (χ1n) is 9.28. The molecule has 2 N–H and O–H groups in total. The molecule has 0 saturated heterocycles. The van der Waals surface area contributed by atoms with Crippen molar-refractivity contribution in [1.82, 2.24) is 0 Å². The molecule has 0 aromatic heterocycles. The van der Waals surface area contributed by atoms with Gasteiger partial charge in [0.1, 0.15) is 6.61 Å². The maximum atomic E-state index is 11.8. The van der Waals surface area contributed by atoms with E-state index in [0.29, 0.717) is 29.6 Å². The Bertz CT molecular complexity index is 1130. The van der Waals surface area contributed by atoms with Crippen molar-refractivity contribution in [3.63, 3.8) is 0 Å². The van der Waals surface area contributed by atoms with Crippen LogP contribution in [0.3, 0.4) is 0 Å². The summed E-state index contributed by atoms with van der Waals surface area (Å²) in [6, 6.07) is 20.0. The third kappa shape index (κ3) is 4.27. The fraction of sp³-hybridized carbons (Fsp3) is 0.130. The zero-order chi connectivity index (χ0) is 20.2. The molecule has 0 aliphatic carbocycles. The van der Waals surface area contributed by atoms with Gasteiger partial charge >= 0.3 is 0 Å². The van der Waals surface area contributed by atoms with Gasteiger partial charge in [0, 0.05) is 0 Å². The molecule has 0 bridgehead atoms. The Kier molecular flexibility index (Phi) is 5.53. The number of hydrogen-bond acceptors (Lipinski definition) is 5. The van der Waals surface area contributed by atoms with Crippen LogP contribution in [0.25, 0.3) is 16.8 Å². The first-order chi connectivity index (χ1) is 14.1. The van der Waals surface area contributed by atoms with Gasteiger partial charge in [-0.05, 0) is 58.8 Å². The molecule has 3 aromatic carbocycles. The lowest BCUT2D eigenvalue weighted by Crippen LogP contribution is -2.01. The third-order valence-corrected chi connectivity index (χ3v) is 5.28. The molecule has 3 aromatic rings. The summed E-state index contributed by atoms with van der Waals surface area (Å²) in [5.74, 6) is 0.969. The van der Waals surface area contributed by atoms with E-state index in [1.54, 1.807) is 6.08 Å². The number of thioether (sulfide) groups is 1. The standard InChI is InChI=1S/C23H20N2O3S/c1-2-27-20-12-15(13-21-22(26)25-23(24)29-21)10-11-19(20)28-14-17-8-5-7-16-6-3-4-9-18(16)17/h3-13H,2,14H2,1H3,(H2,24,25,26)/b21-13-. The minimum absolute atomic E-state index is 0.265. The van der Waals surface area contributed by atoms with Gasteiger partial charge in [-0.1, -0.05) is 48.5 Å². The van der Waals surface area contributed by atoms with E-state index in [1.165, 1.54) is 22.5 Å². The molecule has 0 fully saturated rings. The Morgan fingerprint density at radius 3 is 2.66 bits per heavy atom. The number of amidine groups is 1. The first kappa shape index (κ1) is 19.1. The van der Waals surface area contributed by atoms with Gasteiger partial charge in [0.25, 0.3) is 5.91 Å². The molecule has 6 heteroatoms. The quantitative estimate of drug-likeness (QED) is 0.600. The van der Waals surface area contributed by atoms with E-state index in [9.17, 15) is 4.79 Å². The highest BCUT2D eigenvalue weighted by atomic mass is 32.2. The number of hydrogen-bond donors (Lipinski definition) is 1. The van der Waals surface area contributed by atoms with Crippen LogP contribution in [0, 0.1) is 0 Å². The SMILES string of the molecule is CCOc1cc(/C=C2\SC(N)=NC2=O)ccc1OCc1cccc2ccccc12. The third-order valence-electron chi connectivity index (χ3n) is 4.47. The lowest BCUT2D eigenvalue weighted by atomic mass is 10.1. The maximum absolute atomic E-state index is 11.8. The van der Waals surface area contributed by atoms with Gasteiger partial charge in [-0.3, -0.25) is 4.79 Å². The van der Waals surface area contributed by atoms with Gasteiger partial charge in [-0.15, -0.1) is 0 Å². The lowest BCUT2D eigenvalue weighted by Gasteiger charge is -2.14. The molecule has 0 unspecified atom stereocenters. The van der Waals surface area contributed by atoms with Crippen LogP contribution < -0.4 is 15.2 Å². The number of carbonyl (C=O) groups is 1. The summed E-state index contributed by atoms with van der Waals surface area (Å²) in [5, 5.41) is 2.62. The summed E-state index contributed by atoms with van der Waals surface area (Å²) in [7, 11) is 0. The number of ether oxygens (including phenoxy) is 2. The Balaban J connectivity index is 1.57. The smallest absolute Gasteiger partial charge is 0.286 e. The van der Waals surface area contributed by atoms with Gasteiger partial charge < -0.3 is 15.2 Å². The molecular formula is C23H20N2O3S. The largest absolute Gasteiger partial charge is 0.490 e. The van der Waals surface area contributed by atoms with E-state index >= 15 is 0 Å². The van der Waals surface area contributed by atoms with Crippen LogP contribution in [-0.4, -0.2) is 17.7 Å². The van der Waals surface area contributed by atoms with Crippen molar-refractivity contribution in [2.24, 2.45) is 10.7 Å². The van der Waals surface area contributed by atoms with Crippen LogP contribution in [0.4, 0.5) is 0 Å². The average Bonchev–Trinajstić information content (AvgIpc) is 3.04. The van der Waals surface area contributed by atoms with E-state index in [0.717, 1.165) is 11.1 Å². The Hall–Kier alpha value is -3.25. The molecule has 0 atom stereocenters. The van der Waals surface area contributed by atoms with Gasteiger partial charge in [0.05, 0.1) is 11.5 Å². The van der Waals surface area contributed by atoms with E-state index in [2.05, 4.69) is 29.3 Å². The normalized spacial score (nSPS) is 15.0. The van der Waals surface area contributed by atoms with E-state index in [-0.39, 0.29) is 11.1 Å². The van der Waals surface area contributed by atoms with E-state index < -0.39 is 0 Å². The molecule has 1 aliphatic heterocycles. The van der Waals surface area contributed by atoms with Crippen LogP contribution in [0.15, 0.2) is 70.6 Å². The maximum Gasteiger partial charge on any atom is 0.286 e. The number of amides is 1. The number of nitrogens with two attached hydrogens (primary N) is 1. The predicted molar refractivity (Wildman–Crippen MR) is 118 cm³/mol. The summed E-state index contributed by atoms with van der Waals surface area (Å²) >= 11 is 1.17. The van der Waals surface area contributed by atoms with E-state index in [4.69, 9.17) is 15.2 Å². The Labute approximate surface area is 173 Å². The molecule has 146 valence electrons. The zero-order valence-electron chi connectivity index (χ0n) is 15.9. The number of nitrogens with zero attached hydrogens (tertiary/aromatic N) is 1. The minimum atomic E-state index is -0.318. The molecule has 0 spiro atoms. The topological polar surface area (TPSA) is 73.9 Å². The predicted octanol–water partition coefficient (Wildman–Crippen LogP) is 4.75. The van der Waals surface area contributed by atoms with Crippen molar-refractivity contribution >= 4 is 39.7 Å². The molecule has 29 heavy (non-hydrogen) atoms. The van der Waals surface area contributed by atoms with Crippen molar-refractivity contribution in [1.29, 1.82) is 0 Å². The summed E-state index contributed by atoms with van der Waals surface area (Å²) in [5.41, 5.74) is 7.55. The Morgan fingerprint density at radius 2 is 1.86 bits per heavy atom. The number of rotatable bonds is 6. The number of aliphatic imine (C=N–C) groups is 1. The van der Waals surface area contributed by atoms with Crippen molar-refractivity contribution < 1.29 is 14.3 Å². The van der Waals surface area contributed by atoms with Gasteiger partial charge in [-0.2, -0.15) is 4.99 Å². The van der Waals surface area contributed by atoms with Crippen LogP contribution in [0.2, 0.25) is 0 Å². The van der Waals surface area contributed by atoms with Crippen LogP contribution >= 0.6 is 11.8 Å². The summed E-state index contributed by atoms with van der Waals surface area (Å²) in [6.45, 7) is 2.86. The molecule has 0 saturated carbocycles. The first-order valence-corrected chi connectivity index (χ1v) is 10.1. The summed E-state index contributed by atoms with van der Waals surface area (Å²) < 4.78 is 11.9. The number of carbonyl (C=O) groups excluding carboxylic acids is 1. The Morgan fingerprint density at radius 1 is 1.03 bits per heavy atom. The fourth-order valence-corrected chi connectivity index (χ4v) is 3.83. The second kappa shape index (κ2) is 8.41. The molecular weight excluding hydrogens is 384 g/mol. The average molecular weight is 404 g/mol. The van der Waals surface area contributed by atoms with Crippen LogP contribution in [0.1, 0.15) is 18.1 Å². The highest BCUT2D eigenvalue weighted by Crippen LogP contribution is 2.33.